The summed E-state index contributed by atoms with van der Waals surface area (Å²) in [6.45, 7) is 2.49. The van der Waals surface area contributed by atoms with Crippen LogP contribution in [0, 0.1) is 5.41 Å². The summed E-state index contributed by atoms with van der Waals surface area (Å²) in [4.78, 5) is 14.1. The van der Waals surface area contributed by atoms with Gasteiger partial charge in [-0.3, -0.25) is 0 Å². The molecule has 1 spiro atoms. The van der Waals surface area contributed by atoms with Gasteiger partial charge in [-0.05, 0) is 36.7 Å². The number of hydrogen-bond acceptors (Lipinski definition) is 1. The molecule has 0 unspecified atom stereocenters. The van der Waals surface area contributed by atoms with Gasteiger partial charge < -0.3 is 10.2 Å². The number of carbonyl (C=O) groups is 1. The monoisotopic (exact) mass is 258 g/mol. The molecule has 1 heterocycles. The largest absolute Gasteiger partial charge is 0.334 e. The summed E-state index contributed by atoms with van der Waals surface area (Å²) in [5, 5.41) is 3.02. The first-order valence-corrected chi connectivity index (χ1v) is 7.34. The van der Waals surface area contributed by atoms with Crippen molar-refractivity contribution in [1.82, 2.24) is 10.2 Å². The van der Waals surface area contributed by atoms with Gasteiger partial charge >= 0.3 is 6.03 Å². The van der Waals surface area contributed by atoms with E-state index in [2.05, 4.69) is 5.32 Å². The van der Waals surface area contributed by atoms with E-state index in [4.69, 9.17) is 0 Å². The molecule has 0 radical (unpaired) electrons. The van der Waals surface area contributed by atoms with Crippen molar-refractivity contribution in [3.05, 3.63) is 35.9 Å². The fourth-order valence-corrected chi connectivity index (χ4v) is 3.25. The van der Waals surface area contributed by atoms with Crippen LogP contribution < -0.4 is 5.32 Å². The lowest BCUT2D eigenvalue weighted by Crippen LogP contribution is -2.49. The second-order valence-electron chi connectivity index (χ2n) is 5.98. The number of hydrogen-bond donors (Lipinski definition) is 1. The molecule has 1 N–H and O–H groups in total. The summed E-state index contributed by atoms with van der Waals surface area (Å²) < 4.78 is 0. The van der Waals surface area contributed by atoms with E-state index in [1.807, 2.05) is 35.2 Å². The normalized spacial score (nSPS) is 20.9. The SMILES string of the molecule is O=C(NCc1ccccc1)N1CCC2(CCC2)CC1. The Balaban J connectivity index is 1.46. The van der Waals surface area contributed by atoms with Crippen LogP contribution in [0.4, 0.5) is 4.79 Å². The van der Waals surface area contributed by atoms with Crippen molar-refractivity contribution in [1.29, 1.82) is 0 Å². The van der Waals surface area contributed by atoms with Gasteiger partial charge in [0.2, 0.25) is 0 Å². The number of urea groups is 1. The summed E-state index contributed by atoms with van der Waals surface area (Å²) in [5.41, 5.74) is 1.76. The zero-order valence-electron chi connectivity index (χ0n) is 11.4. The number of nitrogens with one attached hydrogen (secondary N) is 1. The van der Waals surface area contributed by atoms with Gasteiger partial charge in [0.1, 0.15) is 0 Å². The van der Waals surface area contributed by atoms with Gasteiger partial charge in [0.05, 0.1) is 0 Å². The lowest BCUT2D eigenvalue weighted by Gasteiger charge is -2.47. The van der Waals surface area contributed by atoms with Gasteiger partial charge in [-0.25, -0.2) is 4.79 Å². The predicted octanol–water partition coefficient (Wildman–Crippen LogP) is 3.16. The minimum atomic E-state index is 0.0954. The van der Waals surface area contributed by atoms with Crippen LogP contribution in [0.25, 0.3) is 0 Å². The minimum Gasteiger partial charge on any atom is -0.334 e. The van der Waals surface area contributed by atoms with Crippen molar-refractivity contribution in [3.8, 4) is 0 Å². The summed E-state index contributed by atoms with van der Waals surface area (Å²) in [6, 6.07) is 10.2. The maximum Gasteiger partial charge on any atom is 0.317 e. The van der Waals surface area contributed by atoms with Crippen LogP contribution in [0.2, 0.25) is 0 Å². The molecule has 1 saturated carbocycles. The van der Waals surface area contributed by atoms with E-state index < -0.39 is 0 Å². The summed E-state index contributed by atoms with van der Waals surface area (Å²) >= 11 is 0. The van der Waals surface area contributed by atoms with Crippen LogP contribution in [-0.4, -0.2) is 24.0 Å². The highest BCUT2D eigenvalue weighted by molar-refractivity contribution is 5.74. The third-order valence-corrected chi connectivity index (χ3v) is 4.81. The van der Waals surface area contributed by atoms with E-state index >= 15 is 0 Å². The van der Waals surface area contributed by atoms with Crippen molar-refractivity contribution in [2.24, 2.45) is 5.41 Å². The standard InChI is InChI=1S/C16H22N2O/c19-15(17-13-14-5-2-1-3-6-14)18-11-9-16(10-12-18)7-4-8-16/h1-3,5-6H,4,7-13H2,(H,17,19). The zero-order valence-corrected chi connectivity index (χ0v) is 11.4. The molecule has 1 aromatic rings. The van der Waals surface area contributed by atoms with Gasteiger partial charge in [0, 0.05) is 19.6 Å². The minimum absolute atomic E-state index is 0.0954. The van der Waals surface area contributed by atoms with Crippen LogP contribution >= 0.6 is 0 Å². The fraction of sp³-hybridized carbons (Fsp3) is 0.562. The molecule has 0 bridgehead atoms. The second kappa shape index (κ2) is 5.24. The van der Waals surface area contributed by atoms with Crippen molar-refractivity contribution >= 4 is 6.03 Å². The molecule has 0 atom stereocenters. The van der Waals surface area contributed by atoms with Gasteiger partial charge in [-0.2, -0.15) is 0 Å². The quantitative estimate of drug-likeness (QED) is 0.868. The van der Waals surface area contributed by atoms with Gasteiger partial charge in [-0.15, -0.1) is 0 Å². The highest BCUT2D eigenvalue weighted by atomic mass is 16.2. The second-order valence-corrected chi connectivity index (χ2v) is 5.98. The summed E-state index contributed by atoms with van der Waals surface area (Å²) in [5.74, 6) is 0. The number of piperidine rings is 1. The van der Waals surface area contributed by atoms with E-state index in [-0.39, 0.29) is 6.03 Å². The Morgan fingerprint density at radius 3 is 2.37 bits per heavy atom. The van der Waals surface area contributed by atoms with Crippen LogP contribution in [0.1, 0.15) is 37.7 Å². The molecular weight excluding hydrogens is 236 g/mol. The first-order valence-electron chi connectivity index (χ1n) is 7.34. The number of likely N-dealkylation sites (tertiary alicyclic amines) is 1. The number of rotatable bonds is 2. The molecule has 1 aliphatic heterocycles. The van der Waals surface area contributed by atoms with Crippen molar-refractivity contribution < 1.29 is 4.79 Å². The van der Waals surface area contributed by atoms with Crippen molar-refractivity contribution in [2.45, 2.75) is 38.6 Å². The number of amides is 2. The molecule has 3 rings (SSSR count). The smallest absolute Gasteiger partial charge is 0.317 e. The highest BCUT2D eigenvalue weighted by Crippen LogP contribution is 2.48. The van der Waals surface area contributed by atoms with E-state index in [0.717, 1.165) is 18.7 Å². The lowest BCUT2D eigenvalue weighted by molar-refractivity contribution is 0.0462. The Morgan fingerprint density at radius 2 is 1.79 bits per heavy atom. The number of carbonyl (C=O) groups excluding carboxylic acids is 1. The molecule has 0 aromatic heterocycles. The van der Waals surface area contributed by atoms with Gasteiger partial charge in [-0.1, -0.05) is 36.8 Å². The van der Waals surface area contributed by atoms with Crippen LogP contribution in [0.15, 0.2) is 30.3 Å². The predicted molar refractivity (Wildman–Crippen MR) is 75.8 cm³/mol. The van der Waals surface area contributed by atoms with E-state index in [1.54, 1.807) is 0 Å². The van der Waals surface area contributed by atoms with Gasteiger partial charge in [0.25, 0.3) is 0 Å². The Bertz CT molecular complexity index is 429. The Hall–Kier alpha value is -1.51. The van der Waals surface area contributed by atoms with Crippen LogP contribution in [0.5, 0.6) is 0 Å². The third-order valence-electron chi connectivity index (χ3n) is 4.81. The van der Waals surface area contributed by atoms with E-state index in [9.17, 15) is 4.79 Å². The van der Waals surface area contributed by atoms with Crippen LogP contribution in [-0.2, 0) is 6.54 Å². The van der Waals surface area contributed by atoms with Crippen molar-refractivity contribution in [3.63, 3.8) is 0 Å². The maximum absolute atomic E-state index is 12.1. The third kappa shape index (κ3) is 2.75. The van der Waals surface area contributed by atoms with Crippen LogP contribution in [0.3, 0.4) is 0 Å². The van der Waals surface area contributed by atoms with Gasteiger partial charge in [0.15, 0.2) is 0 Å². The molecule has 19 heavy (non-hydrogen) atoms. The topological polar surface area (TPSA) is 32.3 Å². The first kappa shape index (κ1) is 12.5. The molecule has 2 aliphatic rings. The molecular formula is C16H22N2O. The molecule has 3 heteroatoms. The van der Waals surface area contributed by atoms with E-state index in [0.29, 0.717) is 12.0 Å². The Labute approximate surface area is 115 Å². The fourth-order valence-electron chi connectivity index (χ4n) is 3.25. The Kier molecular flexibility index (Phi) is 3.45. The summed E-state index contributed by atoms with van der Waals surface area (Å²) in [7, 11) is 0. The molecule has 1 aromatic carbocycles. The molecule has 1 aliphatic carbocycles. The highest BCUT2D eigenvalue weighted by Gasteiger charge is 2.40. The molecule has 1 saturated heterocycles. The average molecular weight is 258 g/mol. The molecule has 102 valence electrons. The van der Waals surface area contributed by atoms with E-state index in [1.165, 1.54) is 32.1 Å². The molecule has 2 fully saturated rings. The average Bonchev–Trinajstić information content (AvgIpc) is 2.44. The maximum atomic E-state index is 12.1. The first-order chi connectivity index (χ1) is 9.27. The lowest BCUT2D eigenvalue weighted by atomic mass is 9.63. The Morgan fingerprint density at radius 1 is 1.11 bits per heavy atom. The zero-order chi connectivity index (χ0) is 13.1. The molecule has 3 nitrogen and oxygen atoms in total. The molecule has 2 amide bonds. The van der Waals surface area contributed by atoms with Crippen molar-refractivity contribution in [2.75, 3.05) is 13.1 Å². The number of nitrogens with zero attached hydrogens (tertiary/aromatic N) is 1. The summed E-state index contributed by atoms with van der Waals surface area (Å²) in [6.07, 6.45) is 6.55. The number of benzene rings is 1.